The van der Waals surface area contributed by atoms with Crippen LogP contribution < -0.4 is 5.73 Å². The number of nitrogens with two attached hydrogens (primary N) is 1. The first-order chi connectivity index (χ1) is 8.88. The van der Waals surface area contributed by atoms with Gasteiger partial charge >= 0.3 is 0 Å². The van der Waals surface area contributed by atoms with E-state index in [0.717, 1.165) is 18.4 Å². The van der Waals surface area contributed by atoms with Crippen molar-refractivity contribution in [1.82, 2.24) is 0 Å². The Hall–Kier alpha value is -1.34. The first-order valence-electron chi connectivity index (χ1n) is 7.06. The number of hydrogen-bond donors (Lipinski definition) is 1. The predicted molar refractivity (Wildman–Crippen MR) is 77.7 cm³/mol. The topological polar surface area (TPSA) is 26.0 Å². The molecular formula is C17H21N. The summed E-state index contributed by atoms with van der Waals surface area (Å²) in [6.45, 7) is 0.863. The molecule has 0 aromatic heterocycles. The monoisotopic (exact) mass is 239 g/mol. The van der Waals surface area contributed by atoms with Crippen LogP contribution in [-0.4, -0.2) is 6.54 Å². The smallest absolute Gasteiger partial charge is 0.00489 e. The van der Waals surface area contributed by atoms with E-state index in [9.17, 15) is 0 Å². The highest BCUT2D eigenvalue weighted by atomic mass is 14.5. The van der Waals surface area contributed by atoms with Crippen molar-refractivity contribution in [3.05, 3.63) is 48.0 Å². The van der Waals surface area contributed by atoms with Crippen molar-refractivity contribution in [2.45, 2.75) is 31.6 Å². The van der Waals surface area contributed by atoms with Crippen molar-refractivity contribution in [2.75, 3.05) is 6.54 Å². The van der Waals surface area contributed by atoms with Crippen LogP contribution in [0.1, 0.15) is 37.2 Å². The van der Waals surface area contributed by atoms with E-state index in [1.165, 1.54) is 36.5 Å². The molecule has 2 N–H and O–H groups in total. The molecular weight excluding hydrogens is 218 g/mol. The Morgan fingerprint density at radius 2 is 1.61 bits per heavy atom. The van der Waals surface area contributed by atoms with E-state index in [2.05, 4.69) is 42.5 Å². The van der Waals surface area contributed by atoms with Crippen LogP contribution in [0, 0.1) is 5.92 Å². The van der Waals surface area contributed by atoms with Crippen molar-refractivity contribution < 1.29 is 0 Å². The van der Waals surface area contributed by atoms with Crippen molar-refractivity contribution in [2.24, 2.45) is 11.7 Å². The minimum atomic E-state index is 0.735. The molecule has 1 aliphatic carbocycles. The maximum Gasteiger partial charge on any atom is -0.00489 e. The lowest BCUT2D eigenvalue weighted by molar-refractivity contribution is 0.334. The summed E-state index contributed by atoms with van der Waals surface area (Å²) in [7, 11) is 0. The zero-order chi connectivity index (χ0) is 12.4. The van der Waals surface area contributed by atoms with Gasteiger partial charge in [-0.1, -0.05) is 42.5 Å². The Bertz CT molecular complexity index is 519. The summed E-state index contributed by atoms with van der Waals surface area (Å²) in [5.74, 6) is 1.50. The fraction of sp³-hybridized carbons (Fsp3) is 0.412. The van der Waals surface area contributed by atoms with Gasteiger partial charge in [0.1, 0.15) is 0 Å². The standard InChI is InChI=1S/C17H21N/c18-12-13-8-10-15(11-9-13)17-7-3-5-14-4-1-2-6-16(14)17/h1-7,13,15H,8-12,18H2. The number of benzene rings is 2. The third kappa shape index (κ3) is 2.15. The van der Waals surface area contributed by atoms with Crippen molar-refractivity contribution >= 4 is 10.8 Å². The van der Waals surface area contributed by atoms with Crippen LogP contribution in [0.4, 0.5) is 0 Å². The third-order valence-electron chi connectivity index (χ3n) is 4.44. The van der Waals surface area contributed by atoms with Crippen LogP contribution in [-0.2, 0) is 0 Å². The van der Waals surface area contributed by atoms with Crippen LogP contribution in [0.25, 0.3) is 10.8 Å². The highest BCUT2D eigenvalue weighted by molar-refractivity contribution is 5.86. The molecule has 94 valence electrons. The first-order valence-corrected chi connectivity index (χ1v) is 7.06. The second kappa shape index (κ2) is 5.11. The summed E-state index contributed by atoms with van der Waals surface area (Å²) < 4.78 is 0. The predicted octanol–water partition coefficient (Wildman–Crippen LogP) is 4.07. The SMILES string of the molecule is NCC1CCC(c2cccc3ccccc23)CC1. The number of rotatable bonds is 2. The Morgan fingerprint density at radius 3 is 2.39 bits per heavy atom. The van der Waals surface area contributed by atoms with Crippen LogP contribution in [0.3, 0.4) is 0 Å². The average molecular weight is 239 g/mol. The van der Waals surface area contributed by atoms with Gasteiger partial charge in [-0.15, -0.1) is 0 Å². The molecule has 1 saturated carbocycles. The van der Waals surface area contributed by atoms with Gasteiger partial charge in [-0.3, -0.25) is 0 Å². The van der Waals surface area contributed by atoms with Gasteiger partial charge in [0, 0.05) is 0 Å². The molecule has 1 nitrogen and oxygen atoms in total. The van der Waals surface area contributed by atoms with Crippen molar-refractivity contribution in [1.29, 1.82) is 0 Å². The fourth-order valence-corrected chi connectivity index (χ4v) is 3.32. The molecule has 0 saturated heterocycles. The van der Waals surface area contributed by atoms with E-state index in [1.54, 1.807) is 5.56 Å². The lowest BCUT2D eigenvalue weighted by Gasteiger charge is -2.28. The van der Waals surface area contributed by atoms with Gasteiger partial charge in [0.05, 0.1) is 0 Å². The summed E-state index contributed by atoms with van der Waals surface area (Å²) in [5.41, 5.74) is 7.32. The first kappa shape index (κ1) is 11.7. The minimum Gasteiger partial charge on any atom is -0.330 e. The van der Waals surface area contributed by atoms with Crippen molar-refractivity contribution in [3.8, 4) is 0 Å². The quantitative estimate of drug-likeness (QED) is 0.840. The molecule has 3 rings (SSSR count). The zero-order valence-corrected chi connectivity index (χ0v) is 10.8. The summed E-state index contributed by atoms with van der Waals surface area (Å²) in [6, 6.07) is 15.5. The molecule has 1 aliphatic rings. The summed E-state index contributed by atoms with van der Waals surface area (Å²) >= 11 is 0. The molecule has 1 fully saturated rings. The molecule has 0 aliphatic heterocycles. The molecule has 0 radical (unpaired) electrons. The summed E-state index contributed by atoms with van der Waals surface area (Å²) in [5, 5.41) is 2.81. The zero-order valence-electron chi connectivity index (χ0n) is 10.8. The van der Waals surface area contributed by atoms with E-state index < -0.39 is 0 Å². The molecule has 0 heterocycles. The lowest BCUT2D eigenvalue weighted by Crippen LogP contribution is -2.20. The molecule has 0 unspecified atom stereocenters. The van der Waals surface area contributed by atoms with E-state index in [1.807, 2.05) is 0 Å². The van der Waals surface area contributed by atoms with Gasteiger partial charge in [-0.2, -0.15) is 0 Å². The Kier molecular flexibility index (Phi) is 3.33. The molecule has 2 aromatic carbocycles. The van der Waals surface area contributed by atoms with E-state index in [4.69, 9.17) is 5.73 Å². The van der Waals surface area contributed by atoms with Gasteiger partial charge in [-0.05, 0) is 60.4 Å². The average Bonchev–Trinajstić information content (AvgIpc) is 2.47. The van der Waals surface area contributed by atoms with Crippen molar-refractivity contribution in [3.63, 3.8) is 0 Å². The summed E-state index contributed by atoms with van der Waals surface area (Å²) in [4.78, 5) is 0. The van der Waals surface area contributed by atoms with Crippen LogP contribution in [0.15, 0.2) is 42.5 Å². The van der Waals surface area contributed by atoms with E-state index in [-0.39, 0.29) is 0 Å². The third-order valence-corrected chi connectivity index (χ3v) is 4.44. The Balaban J connectivity index is 1.91. The Morgan fingerprint density at radius 1 is 0.889 bits per heavy atom. The second-order valence-electron chi connectivity index (χ2n) is 5.52. The molecule has 2 aromatic rings. The largest absolute Gasteiger partial charge is 0.330 e. The maximum absolute atomic E-state index is 5.78. The van der Waals surface area contributed by atoms with E-state index >= 15 is 0 Å². The van der Waals surface area contributed by atoms with Gasteiger partial charge in [0.15, 0.2) is 0 Å². The lowest BCUT2D eigenvalue weighted by atomic mass is 9.77. The molecule has 0 spiro atoms. The van der Waals surface area contributed by atoms with Crippen LogP contribution in [0.2, 0.25) is 0 Å². The normalized spacial score (nSPS) is 24.3. The molecule has 1 heteroatoms. The molecule has 18 heavy (non-hydrogen) atoms. The molecule has 0 bridgehead atoms. The fourth-order valence-electron chi connectivity index (χ4n) is 3.32. The number of fused-ring (bicyclic) bond motifs is 1. The van der Waals surface area contributed by atoms with Gasteiger partial charge in [-0.25, -0.2) is 0 Å². The van der Waals surface area contributed by atoms with E-state index in [0.29, 0.717) is 0 Å². The van der Waals surface area contributed by atoms with Crippen LogP contribution in [0.5, 0.6) is 0 Å². The Labute approximate surface area is 109 Å². The second-order valence-corrected chi connectivity index (χ2v) is 5.52. The number of hydrogen-bond acceptors (Lipinski definition) is 1. The highest BCUT2D eigenvalue weighted by Crippen LogP contribution is 2.38. The molecule has 0 amide bonds. The van der Waals surface area contributed by atoms with Crippen LogP contribution >= 0.6 is 0 Å². The van der Waals surface area contributed by atoms with Gasteiger partial charge in [0.2, 0.25) is 0 Å². The maximum atomic E-state index is 5.78. The minimum absolute atomic E-state index is 0.735. The highest BCUT2D eigenvalue weighted by Gasteiger charge is 2.22. The molecule has 0 atom stereocenters. The van der Waals surface area contributed by atoms with Gasteiger partial charge < -0.3 is 5.73 Å². The summed E-state index contributed by atoms with van der Waals surface area (Å²) in [6.07, 6.45) is 5.19. The van der Waals surface area contributed by atoms with Gasteiger partial charge in [0.25, 0.3) is 0 Å².